The number of rotatable bonds is 5. The van der Waals surface area contributed by atoms with Crippen molar-refractivity contribution in [2.75, 3.05) is 44.3 Å². The van der Waals surface area contributed by atoms with Crippen molar-refractivity contribution in [3.63, 3.8) is 0 Å². The third-order valence-electron chi connectivity index (χ3n) is 3.39. The Hall–Kier alpha value is -2.89. The van der Waals surface area contributed by atoms with Gasteiger partial charge in [0.1, 0.15) is 0 Å². The molecule has 0 aliphatic rings. The van der Waals surface area contributed by atoms with Crippen LogP contribution in [0.25, 0.3) is 0 Å². The SMILES string of the molecule is COc1ccc(NC(=O)c2cc(N)ccc2N(C)C)cc1OC. The van der Waals surface area contributed by atoms with Crippen molar-refractivity contribution in [1.29, 1.82) is 0 Å². The van der Waals surface area contributed by atoms with Crippen LogP contribution < -0.4 is 25.4 Å². The molecule has 2 aromatic rings. The maximum Gasteiger partial charge on any atom is 0.257 e. The molecule has 0 radical (unpaired) electrons. The summed E-state index contributed by atoms with van der Waals surface area (Å²) in [5.41, 5.74) is 8.25. The van der Waals surface area contributed by atoms with Crippen LogP contribution in [0.4, 0.5) is 17.1 Å². The molecule has 0 spiro atoms. The first-order valence-electron chi connectivity index (χ1n) is 7.06. The summed E-state index contributed by atoms with van der Waals surface area (Å²) in [5, 5.41) is 2.85. The van der Waals surface area contributed by atoms with E-state index in [0.717, 1.165) is 5.69 Å². The van der Waals surface area contributed by atoms with Crippen molar-refractivity contribution in [3.8, 4) is 11.5 Å². The summed E-state index contributed by atoms with van der Waals surface area (Å²) in [6, 6.07) is 10.4. The fraction of sp³-hybridized carbons (Fsp3) is 0.235. The van der Waals surface area contributed by atoms with E-state index >= 15 is 0 Å². The maximum atomic E-state index is 12.6. The molecule has 0 aromatic heterocycles. The Kier molecular flexibility index (Phi) is 4.95. The van der Waals surface area contributed by atoms with Gasteiger partial charge in [-0.05, 0) is 30.3 Å². The summed E-state index contributed by atoms with van der Waals surface area (Å²) >= 11 is 0. The van der Waals surface area contributed by atoms with E-state index < -0.39 is 0 Å². The maximum absolute atomic E-state index is 12.6. The lowest BCUT2D eigenvalue weighted by atomic mass is 10.1. The molecule has 0 heterocycles. The molecule has 6 nitrogen and oxygen atoms in total. The Morgan fingerprint density at radius 2 is 1.74 bits per heavy atom. The number of benzene rings is 2. The molecule has 3 N–H and O–H groups in total. The third-order valence-corrected chi connectivity index (χ3v) is 3.39. The predicted molar refractivity (Wildman–Crippen MR) is 92.7 cm³/mol. The monoisotopic (exact) mass is 315 g/mol. The first-order valence-corrected chi connectivity index (χ1v) is 7.06. The minimum absolute atomic E-state index is 0.242. The van der Waals surface area contributed by atoms with E-state index in [2.05, 4.69) is 5.32 Å². The molecule has 0 aliphatic carbocycles. The fourth-order valence-corrected chi connectivity index (χ4v) is 2.24. The van der Waals surface area contributed by atoms with Gasteiger partial charge in [0.2, 0.25) is 0 Å². The molecule has 0 atom stereocenters. The molecule has 0 unspecified atom stereocenters. The molecule has 1 amide bonds. The zero-order valence-electron chi connectivity index (χ0n) is 13.7. The number of anilines is 3. The molecule has 23 heavy (non-hydrogen) atoms. The number of nitrogens with one attached hydrogen (secondary N) is 1. The standard InChI is InChI=1S/C17H21N3O3/c1-20(2)14-7-5-11(18)9-13(14)17(21)19-12-6-8-15(22-3)16(10-12)23-4/h5-10H,18H2,1-4H3,(H,19,21). The molecule has 0 saturated carbocycles. The second-order valence-electron chi connectivity index (χ2n) is 5.19. The highest BCUT2D eigenvalue weighted by molar-refractivity contribution is 6.08. The van der Waals surface area contributed by atoms with Gasteiger partial charge in [0, 0.05) is 37.2 Å². The summed E-state index contributed by atoms with van der Waals surface area (Å²) < 4.78 is 10.4. The number of nitrogen functional groups attached to an aromatic ring is 1. The fourth-order valence-electron chi connectivity index (χ4n) is 2.24. The van der Waals surface area contributed by atoms with Gasteiger partial charge in [-0.3, -0.25) is 4.79 Å². The number of methoxy groups -OCH3 is 2. The Labute approximate surface area is 135 Å². The molecule has 122 valence electrons. The topological polar surface area (TPSA) is 76.8 Å². The molecule has 2 aromatic carbocycles. The van der Waals surface area contributed by atoms with Gasteiger partial charge < -0.3 is 25.4 Å². The Bertz CT molecular complexity index is 714. The van der Waals surface area contributed by atoms with Crippen molar-refractivity contribution < 1.29 is 14.3 Å². The Morgan fingerprint density at radius 3 is 2.35 bits per heavy atom. The minimum atomic E-state index is -0.242. The number of nitrogens with zero attached hydrogens (tertiary/aromatic N) is 1. The van der Waals surface area contributed by atoms with Crippen molar-refractivity contribution >= 4 is 23.0 Å². The largest absolute Gasteiger partial charge is 0.493 e. The summed E-state index contributed by atoms with van der Waals surface area (Å²) in [7, 11) is 6.86. The quantitative estimate of drug-likeness (QED) is 0.829. The second-order valence-corrected chi connectivity index (χ2v) is 5.19. The minimum Gasteiger partial charge on any atom is -0.493 e. The Morgan fingerprint density at radius 1 is 1.04 bits per heavy atom. The molecule has 0 fully saturated rings. The van der Waals surface area contributed by atoms with Crippen molar-refractivity contribution in [3.05, 3.63) is 42.0 Å². The van der Waals surface area contributed by atoms with Crippen LogP contribution in [0.2, 0.25) is 0 Å². The number of ether oxygens (including phenoxy) is 2. The van der Waals surface area contributed by atoms with Gasteiger partial charge in [-0.25, -0.2) is 0 Å². The van der Waals surface area contributed by atoms with Crippen LogP contribution in [-0.2, 0) is 0 Å². The van der Waals surface area contributed by atoms with E-state index in [0.29, 0.717) is 28.4 Å². The highest BCUT2D eigenvalue weighted by Gasteiger charge is 2.14. The van der Waals surface area contributed by atoms with Crippen LogP contribution in [0.3, 0.4) is 0 Å². The van der Waals surface area contributed by atoms with Gasteiger partial charge >= 0.3 is 0 Å². The third kappa shape index (κ3) is 3.66. The highest BCUT2D eigenvalue weighted by atomic mass is 16.5. The number of amides is 1. The molecule has 0 aliphatic heterocycles. The van der Waals surface area contributed by atoms with E-state index in [-0.39, 0.29) is 5.91 Å². The van der Waals surface area contributed by atoms with Gasteiger partial charge in [-0.1, -0.05) is 0 Å². The van der Waals surface area contributed by atoms with Crippen LogP contribution in [0.1, 0.15) is 10.4 Å². The summed E-state index contributed by atoms with van der Waals surface area (Å²) in [6.07, 6.45) is 0. The molecule has 0 bridgehead atoms. The lowest BCUT2D eigenvalue weighted by Gasteiger charge is -2.18. The number of carbonyl (C=O) groups is 1. The lowest BCUT2D eigenvalue weighted by molar-refractivity contribution is 0.102. The Balaban J connectivity index is 2.31. The van der Waals surface area contributed by atoms with Crippen LogP contribution >= 0.6 is 0 Å². The second kappa shape index (κ2) is 6.91. The molecule has 0 saturated heterocycles. The zero-order chi connectivity index (χ0) is 17.0. The van der Waals surface area contributed by atoms with E-state index in [9.17, 15) is 4.79 Å². The summed E-state index contributed by atoms with van der Waals surface area (Å²) in [5.74, 6) is 0.905. The average molecular weight is 315 g/mol. The first kappa shape index (κ1) is 16.5. The van der Waals surface area contributed by atoms with E-state index in [1.807, 2.05) is 25.1 Å². The van der Waals surface area contributed by atoms with E-state index in [1.54, 1.807) is 44.6 Å². The normalized spacial score (nSPS) is 10.1. The highest BCUT2D eigenvalue weighted by Crippen LogP contribution is 2.30. The average Bonchev–Trinajstić information content (AvgIpc) is 2.54. The van der Waals surface area contributed by atoms with Gasteiger partial charge in [0.25, 0.3) is 5.91 Å². The van der Waals surface area contributed by atoms with Crippen LogP contribution in [0.15, 0.2) is 36.4 Å². The van der Waals surface area contributed by atoms with E-state index in [4.69, 9.17) is 15.2 Å². The van der Waals surface area contributed by atoms with Gasteiger partial charge in [-0.15, -0.1) is 0 Å². The molecular weight excluding hydrogens is 294 g/mol. The van der Waals surface area contributed by atoms with Crippen molar-refractivity contribution in [2.45, 2.75) is 0 Å². The lowest BCUT2D eigenvalue weighted by Crippen LogP contribution is -2.18. The van der Waals surface area contributed by atoms with Gasteiger partial charge in [-0.2, -0.15) is 0 Å². The zero-order valence-corrected chi connectivity index (χ0v) is 13.7. The van der Waals surface area contributed by atoms with Gasteiger partial charge in [0.05, 0.1) is 19.8 Å². The number of hydrogen-bond donors (Lipinski definition) is 2. The van der Waals surface area contributed by atoms with Crippen molar-refractivity contribution in [2.24, 2.45) is 0 Å². The number of hydrogen-bond acceptors (Lipinski definition) is 5. The van der Waals surface area contributed by atoms with Crippen LogP contribution in [-0.4, -0.2) is 34.2 Å². The molecular formula is C17H21N3O3. The molecule has 6 heteroatoms. The predicted octanol–water partition coefficient (Wildman–Crippen LogP) is 2.60. The first-order chi connectivity index (χ1) is 11.0. The van der Waals surface area contributed by atoms with E-state index in [1.165, 1.54) is 0 Å². The number of carbonyl (C=O) groups excluding carboxylic acids is 1. The number of nitrogens with two attached hydrogens (primary N) is 1. The summed E-state index contributed by atoms with van der Waals surface area (Å²) in [4.78, 5) is 14.4. The summed E-state index contributed by atoms with van der Waals surface area (Å²) in [6.45, 7) is 0. The van der Waals surface area contributed by atoms with Crippen LogP contribution in [0.5, 0.6) is 11.5 Å². The molecule has 2 rings (SSSR count). The van der Waals surface area contributed by atoms with Crippen LogP contribution in [0, 0.1) is 0 Å². The van der Waals surface area contributed by atoms with Gasteiger partial charge in [0.15, 0.2) is 11.5 Å². The smallest absolute Gasteiger partial charge is 0.257 e. The van der Waals surface area contributed by atoms with Crippen molar-refractivity contribution in [1.82, 2.24) is 0 Å².